The maximum Gasteiger partial charge on any atom is 0.244 e. The molecule has 1 amide bonds. The molecule has 0 unspecified atom stereocenters. The third-order valence-corrected chi connectivity index (χ3v) is 3.54. The number of benzene rings is 1. The van der Waals surface area contributed by atoms with Crippen molar-refractivity contribution in [3.8, 4) is 16.9 Å². The molecule has 5 nitrogen and oxygen atoms in total. The topological polar surface area (TPSA) is 59.8 Å². The molecule has 0 fully saturated rings. The van der Waals surface area contributed by atoms with Crippen LogP contribution >= 0.6 is 0 Å². The Morgan fingerprint density at radius 3 is 2.64 bits per heavy atom. The van der Waals surface area contributed by atoms with Gasteiger partial charge in [-0.3, -0.25) is 9.78 Å². The Bertz CT molecular complexity index is 867. The highest BCUT2D eigenvalue weighted by Gasteiger charge is 2.11. The highest BCUT2D eigenvalue weighted by molar-refractivity contribution is 5.92. The van der Waals surface area contributed by atoms with Crippen molar-refractivity contribution in [1.82, 2.24) is 20.1 Å². The third-order valence-electron chi connectivity index (χ3n) is 3.54. The molecule has 0 radical (unpaired) electrons. The molecular weight excluding hydrogens is 312 g/mol. The number of hydrogen-bond donors (Lipinski definition) is 1. The van der Waals surface area contributed by atoms with Crippen LogP contribution in [0.2, 0.25) is 0 Å². The van der Waals surface area contributed by atoms with Gasteiger partial charge in [0.2, 0.25) is 5.91 Å². The van der Waals surface area contributed by atoms with Crippen molar-refractivity contribution in [2.24, 2.45) is 0 Å². The Kier molecular flexibility index (Phi) is 5.04. The summed E-state index contributed by atoms with van der Waals surface area (Å²) >= 11 is 0. The number of hydrogen-bond acceptors (Lipinski definition) is 3. The van der Waals surface area contributed by atoms with Gasteiger partial charge in [-0.25, -0.2) is 4.68 Å². The van der Waals surface area contributed by atoms with Crippen molar-refractivity contribution in [3.63, 3.8) is 0 Å². The molecule has 0 aliphatic carbocycles. The van der Waals surface area contributed by atoms with Gasteiger partial charge in [0.15, 0.2) is 0 Å². The van der Waals surface area contributed by atoms with Gasteiger partial charge in [-0.1, -0.05) is 18.2 Å². The Hall–Kier alpha value is -3.21. The first-order chi connectivity index (χ1) is 12.1. The monoisotopic (exact) mass is 332 g/mol. The fraction of sp³-hybridized carbons (Fsp3) is 0.150. The van der Waals surface area contributed by atoms with E-state index in [0.717, 1.165) is 22.5 Å². The maximum absolute atomic E-state index is 11.9. The summed E-state index contributed by atoms with van der Waals surface area (Å²) in [6.07, 6.45) is 8.72. The Morgan fingerprint density at radius 2 is 1.96 bits per heavy atom. The summed E-state index contributed by atoms with van der Waals surface area (Å²) in [5.41, 5.74) is 3.50. The van der Waals surface area contributed by atoms with E-state index in [1.54, 1.807) is 18.5 Å². The SMILES string of the molecule is CC(C)NC(=O)/C=C/c1cn(-c2ccccc2)nc1-c1cccnc1. The van der Waals surface area contributed by atoms with Crippen molar-refractivity contribution in [3.05, 3.63) is 72.7 Å². The van der Waals surface area contributed by atoms with Crippen LogP contribution in [0.15, 0.2) is 67.1 Å². The van der Waals surface area contributed by atoms with Gasteiger partial charge in [-0.15, -0.1) is 0 Å². The average molecular weight is 332 g/mol. The van der Waals surface area contributed by atoms with E-state index in [1.165, 1.54) is 6.08 Å². The van der Waals surface area contributed by atoms with Crippen molar-refractivity contribution in [2.75, 3.05) is 0 Å². The largest absolute Gasteiger partial charge is 0.350 e. The number of pyridine rings is 1. The molecule has 2 heterocycles. The van der Waals surface area contributed by atoms with Crippen LogP contribution in [0.3, 0.4) is 0 Å². The zero-order valence-electron chi connectivity index (χ0n) is 14.3. The van der Waals surface area contributed by atoms with Crippen LogP contribution < -0.4 is 5.32 Å². The lowest BCUT2D eigenvalue weighted by atomic mass is 10.1. The van der Waals surface area contributed by atoms with Gasteiger partial charge in [0.1, 0.15) is 5.69 Å². The minimum absolute atomic E-state index is 0.0991. The number of rotatable bonds is 5. The minimum Gasteiger partial charge on any atom is -0.350 e. The van der Waals surface area contributed by atoms with E-state index in [1.807, 2.05) is 67.2 Å². The molecule has 126 valence electrons. The van der Waals surface area contributed by atoms with Gasteiger partial charge in [0.05, 0.1) is 5.69 Å². The smallest absolute Gasteiger partial charge is 0.244 e. The number of nitrogens with zero attached hydrogens (tertiary/aromatic N) is 3. The van der Waals surface area contributed by atoms with Crippen LogP contribution in [-0.4, -0.2) is 26.7 Å². The van der Waals surface area contributed by atoms with E-state index in [0.29, 0.717) is 0 Å². The van der Waals surface area contributed by atoms with Crippen molar-refractivity contribution in [2.45, 2.75) is 19.9 Å². The van der Waals surface area contributed by atoms with E-state index in [-0.39, 0.29) is 11.9 Å². The normalized spacial score (nSPS) is 11.2. The summed E-state index contributed by atoms with van der Waals surface area (Å²) in [5.74, 6) is -0.125. The quantitative estimate of drug-likeness (QED) is 0.728. The summed E-state index contributed by atoms with van der Waals surface area (Å²) in [5, 5.41) is 7.53. The minimum atomic E-state index is -0.125. The Morgan fingerprint density at radius 1 is 1.16 bits per heavy atom. The molecule has 0 spiro atoms. The highest BCUT2D eigenvalue weighted by atomic mass is 16.1. The van der Waals surface area contributed by atoms with Crippen LogP contribution in [-0.2, 0) is 4.79 Å². The van der Waals surface area contributed by atoms with Crippen LogP contribution in [0.1, 0.15) is 19.4 Å². The third kappa shape index (κ3) is 4.20. The molecule has 5 heteroatoms. The molecule has 25 heavy (non-hydrogen) atoms. The second-order valence-corrected chi connectivity index (χ2v) is 5.95. The molecule has 0 aliphatic rings. The second-order valence-electron chi connectivity index (χ2n) is 5.95. The average Bonchev–Trinajstić information content (AvgIpc) is 3.05. The Labute approximate surface area is 147 Å². The van der Waals surface area contributed by atoms with Crippen molar-refractivity contribution >= 4 is 12.0 Å². The molecular formula is C20H20N4O. The summed E-state index contributed by atoms with van der Waals surface area (Å²) in [6.45, 7) is 3.86. The fourth-order valence-electron chi connectivity index (χ4n) is 2.45. The van der Waals surface area contributed by atoms with Crippen LogP contribution in [0.25, 0.3) is 23.0 Å². The molecule has 0 aliphatic heterocycles. The molecule has 1 N–H and O–H groups in total. The standard InChI is InChI=1S/C20H20N4O/c1-15(2)22-19(25)11-10-17-14-24(18-8-4-3-5-9-18)23-20(17)16-7-6-12-21-13-16/h3-15H,1-2H3,(H,22,25)/b11-10+. The molecule has 3 aromatic rings. The summed E-state index contributed by atoms with van der Waals surface area (Å²) in [7, 11) is 0. The molecule has 0 bridgehead atoms. The van der Waals surface area contributed by atoms with E-state index < -0.39 is 0 Å². The van der Waals surface area contributed by atoms with Gasteiger partial charge < -0.3 is 5.32 Å². The van der Waals surface area contributed by atoms with Gasteiger partial charge in [-0.2, -0.15) is 5.10 Å². The van der Waals surface area contributed by atoms with Crippen LogP contribution in [0.4, 0.5) is 0 Å². The van der Waals surface area contributed by atoms with Crippen molar-refractivity contribution in [1.29, 1.82) is 0 Å². The number of carbonyl (C=O) groups is 1. The van der Waals surface area contributed by atoms with Gasteiger partial charge in [0.25, 0.3) is 0 Å². The van der Waals surface area contributed by atoms with Crippen LogP contribution in [0, 0.1) is 0 Å². The highest BCUT2D eigenvalue weighted by Crippen LogP contribution is 2.24. The Balaban J connectivity index is 1.99. The lowest BCUT2D eigenvalue weighted by molar-refractivity contribution is -0.116. The predicted molar refractivity (Wildman–Crippen MR) is 99.1 cm³/mol. The number of para-hydroxylation sites is 1. The number of carbonyl (C=O) groups excluding carboxylic acids is 1. The summed E-state index contributed by atoms with van der Waals surface area (Å²) in [4.78, 5) is 16.1. The first-order valence-electron chi connectivity index (χ1n) is 8.17. The molecule has 1 aromatic carbocycles. The second kappa shape index (κ2) is 7.57. The maximum atomic E-state index is 11.9. The van der Waals surface area contributed by atoms with Crippen molar-refractivity contribution < 1.29 is 4.79 Å². The number of amides is 1. The summed E-state index contributed by atoms with van der Waals surface area (Å²) in [6, 6.07) is 13.8. The summed E-state index contributed by atoms with van der Waals surface area (Å²) < 4.78 is 1.81. The molecule has 0 saturated carbocycles. The van der Waals surface area contributed by atoms with Gasteiger partial charge in [-0.05, 0) is 44.2 Å². The number of nitrogens with one attached hydrogen (secondary N) is 1. The van der Waals surface area contributed by atoms with E-state index in [4.69, 9.17) is 0 Å². The molecule has 2 aromatic heterocycles. The molecule has 0 saturated heterocycles. The lowest BCUT2D eigenvalue weighted by Gasteiger charge is -2.04. The van der Waals surface area contributed by atoms with E-state index in [2.05, 4.69) is 15.4 Å². The predicted octanol–water partition coefficient (Wildman–Crippen LogP) is 3.47. The first-order valence-corrected chi connectivity index (χ1v) is 8.17. The zero-order chi connectivity index (χ0) is 17.6. The fourth-order valence-corrected chi connectivity index (χ4v) is 2.45. The van der Waals surface area contributed by atoms with Crippen LogP contribution in [0.5, 0.6) is 0 Å². The molecule has 0 atom stereocenters. The lowest BCUT2D eigenvalue weighted by Crippen LogP contribution is -2.28. The zero-order valence-corrected chi connectivity index (χ0v) is 14.3. The van der Waals surface area contributed by atoms with E-state index in [9.17, 15) is 4.79 Å². The van der Waals surface area contributed by atoms with Gasteiger partial charge >= 0.3 is 0 Å². The number of aromatic nitrogens is 3. The van der Waals surface area contributed by atoms with Gasteiger partial charge in [0, 0.05) is 41.8 Å². The first kappa shape index (κ1) is 16.6. The molecule has 3 rings (SSSR count). The van der Waals surface area contributed by atoms with E-state index >= 15 is 0 Å².